The van der Waals surface area contributed by atoms with Crippen molar-refractivity contribution in [2.45, 2.75) is 13.8 Å². The molecule has 0 atom stereocenters. The van der Waals surface area contributed by atoms with Gasteiger partial charge in [-0.25, -0.2) is 0 Å². The number of allylic oxidation sites excluding steroid dienone is 2. The lowest BCUT2D eigenvalue weighted by Crippen LogP contribution is -2.11. The molecule has 0 fully saturated rings. The fraction of sp³-hybridized carbons (Fsp3) is 0.111. The molecule has 0 radical (unpaired) electrons. The fourth-order valence-electron chi connectivity index (χ4n) is 1.97. The molecular formula is C18H16ClN3O3. The van der Waals surface area contributed by atoms with E-state index in [0.717, 1.165) is 0 Å². The Morgan fingerprint density at radius 1 is 1.08 bits per heavy atom. The summed E-state index contributed by atoms with van der Waals surface area (Å²) in [6.45, 7) is 2.63. The highest BCUT2D eigenvalue weighted by molar-refractivity contribution is 6.33. The SMILES string of the molecule is CC(=O)/C(N=Nc1cccc(C(=O)Nc2ccccc2Cl)c1)=C(\C)O. The van der Waals surface area contributed by atoms with Crippen LogP contribution in [0.1, 0.15) is 24.2 Å². The third-order valence-corrected chi connectivity index (χ3v) is 3.50. The van der Waals surface area contributed by atoms with E-state index in [0.29, 0.717) is 22.0 Å². The Balaban J connectivity index is 2.21. The summed E-state index contributed by atoms with van der Waals surface area (Å²) in [5, 5.41) is 20.2. The molecule has 0 aromatic heterocycles. The van der Waals surface area contributed by atoms with Crippen LogP contribution in [-0.4, -0.2) is 16.8 Å². The van der Waals surface area contributed by atoms with Crippen molar-refractivity contribution in [3.63, 3.8) is 0 Å². The number of aliphatic hydroxyl groups excluding tert-OH is 1. The lowest BCUT2D eigenvalue weighted by atomic mass is 10.2. The molecule has 0 heterocycles. The van der Waals surface area contributed by atoms with Gasteiger partial charge in [0.1, 0.15) is 5.76 Å². The second-order valence-corrected chi connectivity index (χ2v) is 5.58. The number of halogens is 1. The van der Waals surface area contributed by atoms with E-state index in [1.807, 2.05) is 0 Å². The third kappa shape index (κ3) is 4.99. The normalized spacial score (nSPS) is 12.0. The molecule has 0 unspecified atom stereocenters. The Labute approximate surface area is 149 Å². The number of aliphatic hydroxyl groups is 1. The Morgan fingerprint density at radius 3 is 2.44 bits per heavy atom. The van der Waals surface area contributed by atoms with Gasteiger partial charge in [-0.1, -0.05) is 29.8 Å². The van der Waals surface area contributed by atoms with Crippen LogP contribution in [0.25, 0.3) is 0 Å². The molecule has 2 aromatic rings. The van der Waals surface area contributed by atoms with Crippen molar-refractivity contribution >= 4 is 34.7 Å². The predicted octanol–water partition coefficient (Wildman–Crippen LogP) is 5.05. The quantitative estimate of drug-likeness (QED) is 0.445. The van der Waals surface area contributed by atoms with Gasteiger partial charge in [0.15, 0.2) is 11.5 Å². The van der Waals surface area contributed by atoms with E-state index in [1.54, 1.807) is 42.5 Å². The summed E-state index contributed by atoms with van der Waals surface area (Å²) in [7, 11) is 0. The van der Waals surface area contributed by atoms with Gasteiger partial charge in [-0.3, -0.25) is 9.59 Å². The minimum absolute atomic E-state index is 0.133. The second kappa shape index (κ2) is 8.21. The van der Waals surface area contributed by atoms with Gasteiger partial charge in [-0.15, -0.1) is 5.11 Å². The standard InChI is InChI=1S/C18H16ClN3O3/c1-11(23)17(12(2)24)22-21-14-7-5-6-13(10-14)18(25)20-16-9-4-3-8-15(16)19/h3-10,23H,1-2H3,(H,20,25)/b17-11-,22-21?. The molecule has 0 spiro atoms. The molecule has 25 heavy (non-hydrogen) atoms. The molecule has 1 amide bonds. The van der Waals surface area contributed by atoms with Gasteiger partial charge in [0.05, 0.1) is 16.4 Å². The number of anilines is 1. The number of Topliss-reactive ketones (excluding diaryl/α,β-unsaturated/α-hetero) is 1. The minimum atomic E-state index is -0.406. The van der Waals surface area contributed by atoms with Crippen molar-refractivity contribution in [2.75, 3.05) is 5.32 Å². The number of hydrogen-bond acceptors (Lipinski definition) is 5. The number of para-hydroxylation sites is 1. The first-order valence-electron chi connectivity index (χ1n) is 7.37. The maximum atomic E-state index is 12.3. The number of ketones is 1. The van der Waals surface area contributed by atoms with Gasteiger partial charge in [0, 0.05) is 12.5 Å². The van der Waals surface area contributed by atoms with E-state index < -0.39 is 5.78 Å². The predicted molar refractivity (Wildman–Crippen MR) is 96.4 cm³/mol. The molecule has 0 aliphatic rings. The minimum Gasteiger partial charge on any atom is -0.510 e. The van der Waals surface area contributed by atoms with Crippen LogP contribution in [0.15, 0.2) is 70.2 Å². The van der Waals surface area contributed by atoms with Crippen LogP contribution in [0.3, 0.4) is 0 Å². The van der Waals surface area contributed by atoms with E-state index >= 15 is 0 Å². The highest BCUT2D eigenvalue weighted by atomic mass is 35.5. The Morgan fingerprint density at radius 2 is 1.80 bits per heavy atom. The van der Waals surface area contributed by atoms with Gasteiger partial charge in [-0.05, 0) is 37.3 Å². The molecule has 7 heteroatoms. The van der Waals surface area contributed by atoms with Crippen molar-refractivity contribution in [1.82, 2.24) is 0 Å². The number of nitrogens with one attached hydrogen (secondary N) is 1. The first kappa shape index (κ1) is 18.4. The van der Waals surface area contributed by atoms with Crippen LogP contribution >= 0.6 is 11.6 Å². The molecule has 0 saturated carbocycles. The van der Waals surface area contributed by atoms with Crippen LogP contribution in [0.4, 0.5) is 11.4 Å². The number of amides is 1. The Kier molecular flexibility index (Phi) is 6.03. The zero-order chi connectivity index (χ0) is 18.4. The maximum Gasteiger partial charge on any atom is 0.255 e. The lowest BCUT2D eigenvalue weighted by Gasteiger charge is -2.07. The Bertz CT molecular complexity index is 871. The number of hydrogen-bond donors (Lipinski definition) is 2. The van der Waals surface area contributed by atoms with E-state index in [1.165, 1.54) is 19.9 Å². The second-order valence-electron chi connectivity index (χ2n) is 5.17. The zero-order valence-electron chi connectivity index (χ0n) is 13.7. The summed E-state index contributed by atoms with van der Waals surface area (Å²) in [6, 6.07) is 13.3. The van der Waals surface area contributed by atoms with Crippen molar-refractivity contribution in [1.29, 1.82) is 0 Å². The summed E-state index contributed by atoms with van der Waals surface area (Å²) in [6.07, 6.45) is 0. The van der Waals surface area contributed by atoms with Crippen LogP contribution < -0.4 is 5.32 Å². The van der Waals surface area contributed by atoms with Crippen LogP contribution in [0.5, 0.6) is 0 Å². The monoisotopic (exact) mass is 357 g/mol. The summed E-state index contributed by atoms with van der Waals surface area (Å²) in [5.74, 6) is -0.981. The van der Waals surface area contributed by atoms with Crippen molar-refractivity contribution < 1.29 is 14.7 Å². The molecule has 128 valence electrons. The maximum absolute atomic E-state index is 12.3. The first-order valence-corrected chi connectivity index (χ1v) is 7.74. The molecular weight excluding hydrogens is 342 g/mol. The number of rotatable bonds is 5. The molecule has 0 aliphatic heterocycles. The number of benzene rings is 2. The van der Waals surface area contributed by atoms with Crippen LogP contribution in [0.2, 0.25) is 5.02 Å². The average Bonchev–Trinajstić information content (AvgIpc) is 2.56. The van der Waals surface area contributed by atoms with E-state index in [-0.39, 0.29) is 17.4 Å². The molecule has 6 nitrogen and oxygen atoms in total. The number of carbonyl (C=O) groups excluding carboxylic acids is 2. The molecule has 0 bridgehead atoms. The zero-order valence-corrected chi connectivity index (χ0v) is 14.4. The largest absolute Gasteiger partial charge is 0.510 e. The van der Waals surface area contributed by atoms with Crippen molar-refractivity contribution in [2.24, 2.45) is 10.2 Å². The summed E-state index contributed by atoms with van der Waals surface area (Å²) in [4.78, 5) is 23.7. The van der Waals surface area contributed by atoms with Gasteiger partial charge < -0.3 is 10.4 Å². The van der Waals surface area contributed by atoms with Crippen molar-refractivity contribution in [3.8, 4) is 0 Å². The molecule has 2 aromatic carbocycles. The van der Waals surface area contributed by atoms with E-state index in [4.69, 9.17) is 11.6 Å². The van der Waals surface area contributed by atoms with Gasteiger partial charge in [-0.2, -0.15) is 5.11 Å². The topological polar surface area (TPSA) is 91.1 Å². The third-order valence-electron chi connectivity index (χ3n) is 3.17. The summed E-state index contributed by atoms with van der Waals surface area (Å²) >= 11 is 6.02. The van der Waals surface area contributed by atoms with Gasteiger partial charge in [0.2, 0.25) is 0 Å². The van der Waals surface area contributed by atoms with E-state index in [9.17, 15) is 14.7 Å². The smallest absolute Gasteiger partial charge is 0.255 e. The van der Waals surface area contributed by atoms with Crippen LogP contribution in [0, 0.1) is 0 Å². The lowest BCUT2D eigenvalue weighted by molar-refractivity contribution is -0.113. The number of carbonyl (C=O) groups is 2. The molecule has 0 saturated heterocycles. The molecule has 2 rings (SSSR count). The first-order chi connectivity index (χ1) is 11.9. The summed E-state index contributed by atoms with van der Waals surface area (Å²) in [5.41, 5.74) is 1.09. The number of nitrogens with zero attached hydrogens (tertiary/aromatic N) is 2. The highest BCUT2D eigenvalue weighted by Crippen LogP contribution is 2.22. The van der Waals surface area contributed by atoms with Crippen molar-refractivity contribution in [3.05, 3.63) is 70.6 Å². The summed E-state index contributed by atoms with van der Waals surface area (Å²) < 4.78 is 0. The van der Waals surface area contributed by atoms with E-state index in [2.05, 4.69) is 15.5 Å². The average molecular weight is 358 g/mol. The molecule has 2 N–H and O–H groups in total. The fourth-order valence-corrected chi connectivity index (χ4v) is 2.15. The van der Waals surface area contributed by atoms with Gasteiger partial charge >= 0.3 is 0 Å². The Hall–Kier alpha value is -2.99. The number of azo groups is 1. The van der Waals surface area contributed by atoms with Crippen LogP contribution in [-0.2, 0) is 4.79 Å². The highest BCUT2D eigenvalue weighted by Gasteiger charge is 2.10. The van der Waals surface area contributed by atoms with Gasteiger partial charge in [0.25, 0.3) is 5.91 Å². The molecule has 0 aliphatic carbocycles.